The maximum Gasteiger partial charge on any atom is 0.255 e. The first-order chi connectivity index (χ1) is 1.73. The van der Waals surface area contributed by atoms with E-state index in [1.54, 1.807) is 0 Å². The van der Waals surface area contributed by atoms with Crippen LogP contribution in [0.5, 0.6) is 0 Å². The van der Waals surface area contributed by atoms with Crippen LogP contribution in [0.4, 0.5) is 0 Å². The summed E-state index contributed by atoms with van der Waals surface area (Å²) in [5.74, 6) is 0. The van der Waals surface area contributed by atoms with Gasteiger partial charge in [0.2, 0.25) is 0 Å². The van der Waals surface area contributed by atoms with Crippen molar-refractivity contribution in [2.75, 3.05) is 14.1 Å². The Morgan fingerprint density at radius 3 is 1.50 bits per heavy atom. The van der Waals surface area contributed by atoms with E-state index in [1.807, 2.05) is 18.0 Å². The van der Waals surface area contributed by atoms with Crippen LogP contribution in [0.1, 0.15) is 0 Å². The molecule has 2 radical (unpaired) electrons. The molecule has 0 saturated carbocycles. The average molecular weight is 71.1 g/mol. The third kappa shape index (κ3) is 22.9. The highest BCUT2D eigenvalue weighted by molar-refractivity contribution is 6.03. The SMILES string of the molecule is C[N](C)[Al]. The molecule has 0 saturated heterocycles. The molecule has 0 aliphatic carbocycles. The monoisotopic (exact) mass is 71.0 g/mol. The van der Waals surface area contributed by atoms with Gasteiger partial charge in [-0.05, 0) is 14.1 Å². The normalized spacial score (nSPS) is 8.75. The van der Waals surface area contributed by atoms with Crippen molar-refractivity contribution in [2.24, 2.45) is 0 Å². The van der Waals surface area contributed by atoms with Crippen molar-refractivity contribution in [3.05, 3.63) is 0 Å². The minimum Gasteiger partial charge on any atom is -0.407 e. The van der Waals surface area contributed by atoms with Gasteiger partial charge in [-0.2, -0.15) is 0 Å². The first-order valence-electron chi connectivity index (χ1n) is 1.15. The van der Waals surface area contributed by atoms with Gasteiger partial charge >= 0.3 is 0 Å². The standard InChI is InChI=1S/C2H6N.Al/c1-3-2;/h1-2H3;/q-1;+1. The fourth-order valence-corrected chi connectivity index (χ4v) is 0. The first-order valence-corrected chi connectivity index (χ1v) is 1.67. The van der Waals surface area contributed by atoms with Crippen molar-refractivity contribution in [3.8, 4) is 0 Å². The largest absolute Gasteiger partial charge is 0.407 e. The molecule has 22 valence electrons. The smallest absolute Gasteiger partial charge is 0.255 e. The summed E-state index contributed by atoms with van der Waals surface area (Å²) in [5.41, 5.74) is 0. The van der Waals surface area contributed by atoms with E-state index in [-0.39, 0.29) is 0 Å². The molecule has 0 spiro atoms. The van der Waals surface area contributed by atoms with Gasteiger partial charge in [-0.25, -0.2) is 0 Å². The molecule has 2 heteroatoms. The molecular weight excluding hydrogens is 65.0 g/mol. The zero-order valence-electron chi connectivity index (χ0n) is 3.02. The molecule has 0 aromatic heterocycles. The Hall–Kier alpha value is 0.492. The van der Waals surface area contributed by atoms with Gasteiger partial charge in [0.1, 0.15) is 0 Å². The maximum atomic E-state index is 2.49. The summed E-state index contributed by atoms with van der Waals surface area (Å²) in [5, 5.41) is 0. The Kier molecular flexibility index (Phi) is 2.00. The molecule has 0 bridgehead atoms. The Morgan fingerprint density at radius 2 is 1.50 bits per heavy atom. The molecule has 0 amide bonds. The van der Waals surface area contributed by atoms with E-state index < -0.39 is 0 Å². The molecule has 4 heavy (non-hydrogen) atoms. The molecule has 0 unspecified atom stereocenters. The molecular formula is C2H6AlN. The van der Waals surface area contributed by atoms with Crippen molar-refractivity contribution >= 4 is 16.5 Å². The van der Waals surface area contributed by atoms with Gasteiger partial charge in [-0.1, -0.05) is 0 Å². The number of hydrogen-bond donors (Lipinski definition) is 0. The van der Waals surface area contributed by atoms with Crippen LogP contribution in [0.15, 0.2) is 0 Å². The Labute approximate surface area is 35.2 Å². The van der Waals surface area contributed by atoms with Crippen LogP contribution < -0.4 is 0 Å². The summed E-state index contributed by atoms with van der Waals surface area (Å²) in [6.45, 7) is 0. The zero-order valence-corrected chi connectivity index (χ0v) is 4.18. The second kappa shape index (κ2) is 1.78. The Morgan fingerprint density at radius 1 is 1.50 bits per heavy atom. The highest BCUT2D eigenvalue weighted by atomic mass is 27.1. The molecule has 0 aliphatic rings. The summed E-state index contributed by atoms with van der Waals surface area (Å²) in [7, 11) is 3.93. The van der Waals surface area contributed by atoms with Crippen LogP contribution in [-0.4, -0.2) is 34.5 Å². The average Bonchev–Trinajstić information content (AvgIpc) is 0.811. The van der Waals surface area contributed by atoms with Crippen molar-refractivity contribution in [1.29, 1.82) is 0 Å². The summed E-state index contributed by atoms with van der Waals surface area (Å²) in [6.07, 6.45) is 0. The van der Waals surface area contributed by atoms with Gasteiger partial charge in [-0.3, -0.25) is 0 Å². The molecule has 0 atom stereocenters. The van der Waals surface area contributed by atoms with Crippen LogP contribution in [0.3, 0.4) is 0 Å². The van der Waals surface area contributed by atoms with E-state index in [0.717, 1.165) is 0 Å². The fourth-order valence-electron chi connectivity index (χ4n) is 0. The van der Waals surface area contributed by atoms with Crippen LogP contribution in [0, 0.1) is 0 Å². The van der Waals surface area contributed by atoms with Crippen LogP contribution in [-0.2, 0) is 0 Å². The van der Waals surface area contributed by atoms with Gasteiger partial charge in [-0.15, -0.1) is 0 Å². The van der Waals surface area contributed by atoms with Crippen molar-refractivity contribution in [1.82, 2.24) is 3.88 Å². The lowest BCUT2D eigenvalue weighted by Crippen LogP contribution is -2.02. The second-order valence-corrected chi connectivity index (χ2v) is 2.00. The molecule has 0 aromatic rings. The molecule has 0 rings (SSSR count). The molecule has 0 aromatic carbocycles. The summed E-state index contributed by atoms with van der Waals surface area (Å²) < 4.78 is 1.92. The van der Waals surface area contributed by atoms with Gasteiger partial charge in [0, 0.05) is 0 Å². The minimum absolute atomic E-state index is 1.92. The van der Waals surface area contributed by atoms with Crippen LogP contribution in [0.2, 0.25) is 0 Å². The van der Waals surface area contributed by atoms with E-state index in [1.165, 1.54) is 0 Å². The third-order valence-electron chi connectivity index (χ3n) is 0. The van der Waals surface area contributed by atoms with Gasteiger partial charge in [0.25, 0.3) is 16.5 Å². The molecule has 0 N–H and O–H groups in total. The molecule has 1 nitrogen and oxygen atoms in total. The van der Waals surface area contributed by atoms with Crippen molar-refractivity contribution in [2.45, 2.75) is 0 Å². The molecule has 0 aliphatic heterocycles. The highest BCUT2D eigenvalue weighted by Crippen LogP contribution is 1.44. The Bertz CT molecular complexity index is 10.8. The van der Waals surface area contributed by atoms with E-state index in [2.05, 4.69) is 16.5 Å². The van der Waals surface area contributed by atoms with Crippen molar-refractivity contribution < 1.29 is 0 Å². The van der Waals surface area contributed by atoms with Gasteiger partial charge in [0.05, 0.1) is 0 Å². The molecule has 0 heterocycles. The number of nitrogens with zero attached hydrogens (tertiary/aromatic N) is 1. The lowest BCUT2D eigenvalue weighted by Gasteiger charge is -1.92. The van der Waals surface area contributed by atoms with Gasteiger partial charge in [0.15, 0.2) is 0 Å². The summed E-state index contributed by atoms with van der Waals surface area (Å²) in [4.78, 5) is 0. The lowest BCUT2D eigenvalue weighted by atomic mass is 11.3. The minimum atomic E-state index is 1.92. The zero-order chi connectivity index (χ0) is 3.58. The lowest BCUT2D eigenvalue weighted by molar-refractivity contribution is 0.679. The second-order valence-electron chi connectivity index (χ2n) is 0.964. The Balaban J connectivity index is 2.32. The fraction of sp³-hybridized carbons (Fsp3) is 1.00. The molecule has 0 fully saturated rings. The predicted molar refractivity (Wildman–Crippen MR) is 19.4 cm³/mol. The summed E-state index contributed by atoms with van der Waals surface area (Å²) >= 11 is 2.49. The first kappa shape index (κ1) is 4.49. The number of rotatable bonds is 0. The third-order valence-corrected chi connectivity index (χ3v) is 0. The van der Waals surface area contributed by atoms with E-state index in [4.69, 9.17) is 0 Å². The predicted octanol–water partition coefficient (Wildman–Crippen LogP) is -0.369. The van der Waals surface area contributed by atoms with Crippen LogP contribution >= 0.6 is 0 Å². The summed E-state index contributed by atoms with van der Waals surface area (Å²) in [6, 6.07) is 0. The van der Waals surface area contributed by atoms with Gasteiger partial charge < -0.3 is 3.88 Å². The highest BCUT2D eigenvalue weighted by Gasteiger charge is 1.58. The van der Waals surface area contributed by atoms with Crippen molar-refractivity contribution in [3.63, 3.8) is 0 Å². The van der Waals surface area contributed by atoms with E-state index in [9.17, 15) is 0 Å². The topological polar surface area (TPSA) is 3.24 Å². The number of hydrogen-bond acceptors (Lipinski definition) is 1. The van der Waals surface area contributed by atoms with E-state index in [0.29, 0.717) is 0 Å². The quantitative estimate of drug-likeness (QED) is 0.352. The maximum absolute atomic E-state index is 2.49. The van der Waals surface area contributed by atoms with Crippen LogP contribution in [0.25, 0.3) is 0 Å². The van der Waals surface area contributed by atoms with E-state index >= 15 is 0 Å².